The molecule has 0 aromatic rings. The van der Waals surface area contributed by atoms with Gasteiger partial charge in [0.05, 0.1) is 6.61 Å². The van der Waals surface area contributed by atoms with E-state index in [9.17, 15) is 4.57 Å². The predicted octanol–water partition coefficient (Wildman–Crippen LogP) is 5.97. The van der Waals surface area contributed by atoms with Crippen molar-refractivity contribution in [2.45, 2.75) is 71.1 Å². The molecule has 0 aliphatic rings. The number of rotatable bonds is 15. The van der Waals surface area contributed by atoms with Gasteiger partial charge in [0.2, 0.25) is 0 Å². The summed E-state index contributed by atoms with van der Waals surface area (Å²) in [6.45, 7) is 2.57. The van der Waals surface area contributed by atoms with Crippen molar-refractivity contribution in [1.29, 1.82) is 0 Å². The van der Waals surface area contributed by atoms with Crippen LogP contribution in [0.1, 0.15) is 71.1 Å². The van der Waals surface area contributed by atoms with E-state index in [1.54, 1.807) is 0 Å². The molecule has 22 heavy (non-hydrogen) atoms. The zero-order chi connectivity index (χ0) is 16.3. The molecule has 0 spiro atoms. The van der Waals surface area contributed by atoms with E-state index in [1.807, 2.05) is 0 Å². The normalized spacial score (nSPS) is 13.7. The van der Waals surface area contributed by atoms with Crippen molar-refractivity contribution in [3.8, 4) is 0 Å². The zero-order valence-electron chi connectivity index (χ0n) is 14.0. The van der Waals surface area contributed by atoms with E-state index < -0.39 is 8.25 Å². The van der Waals surface area contributed by atoms with E-state index in [0.717, 1.165) is 32.1 Å². The van der Waals surface area contributed by atoms with Crippen LogP contribution in [-0.4, -0.2) is 11.5 Å². The van der Waals surface area contributed by atoms with Crippen molar-refractivity contribution in [3.05, 3.63) is 36.5 Å². The molecule has 1 unspecified atom stereocenters. The highest BCUT2D eigenvalue weighted by molar-refractivity contribution is 7.32. The fourth-order valence-electron chi connectivity index (χ4n) is 2.06. The molecule has 0 amide bonds. The molecule has 0 aromatic heterocycles. The lowest BCUT2D eigenvalue weighted by molar-refractivity contribution is 0.273. The van der Waals surface area contributed by atoms with Gasteiger partial charge in [-0.15, -0.1) is 0 Å². The lowest BCUT2D eigenvalue weighted by atomic mass is 10.1. The lowest BCUT2D eigenvalue weighted by Gasteiger charge is -2.01. The number of unbranched alkanes of at least 4 members (excludes halogenated alkanes) is 6. The minimum Gasteiger partial charge on any atom is -0.326 e. The summed E-state index contributed by atoms with van der Waals surface area (Å²) in [6.07, 6.45) is 24.6. The Bertz CT molecular complexity index is 335. The van der Waals surface area contributed by atoms with Crippen LogP contribution in [0.25, 0.3) is 0 Å². The summed E-state index contributed by atoms with van der Waals surface area (Å²) in [6, 6.07) is 0. The Morgan fingerprint density at radius 3 is 2.00 bits per heavy atom. The van der Waals surface area contributed by atoms with Gasteiger partial charge in [0.25, 0.3) is 0 Å². The molecule has 0 saturated heterocycles. The monoisotopic (exact) mass is 328 g/mol. The third-order valence-corrected chi connectivity index (χ3v) is 3.72. The van der Waals surface area contributed by atoms with Gasteiger partial charge < -0.3 is 9.42 Å². The molecule has 128 valence electrons. The van der Waals surface area contributed by atoms with Crippen LogP contribution in [0.3, 0.4) is 0 Å². The van der Waals surface area contributed by atoms with E-state index in [2.05, 4.69) is 47.9 Å². The van der Waals surface area contributed by atoms with Crippen LogP contribution in [-0.2, 0) is 9.09 Å². The number of hydrogen-bond donors (Lipinski definition) is 1. The fourth-order valence-corrected chi connectivity index (χ4v) is 2.38. The Morgan fingerprint density at radius 1 is 0.818 bits per heavy atom. The van der Waals surface area contributed by atoms with Crippen LogP contribution in [0.15, 0.2) is 36.5 Å². The highest BCUT2D eigenvalue weighted by Crippen LogP contribution is 2.15. The first-order valence-electron chi connectivity index (χ1n) is 8.58. The third kappa shape index (κ3) is 19.4. The van der Waals surface area contributed by atoms with Gasteiger partial charge >= 0.3 is 8.25 Å². The van der Waals surface area contributed by atoms with Crippen LogP contribution in [0.4, 0.5) is 0 Å². The summed E-state index contributed by atoms with van der Waals surface area (Å²) < 4.78 is 15.0. The number of allylic oxidation sites excluding steroid dienone is 6. The van der Waals surface area contributed by atoms with Gasteiger partial charge in [-0.25, -0.2) is 0 Å². The highest BCUT2D eigenvalue weighted by Gasteiger charge is 1.93. The van der Waals surface area contributed by atoms with Gasteiger partial charge in [0.15, 0.2) is 0 Å². The second kappa shape index (κ2) is 18.4. The molecular formula is C18H33O3P. The minimum absolute atomic E-state index is 0.415. The zero-order valence-corrected chi connectivity index (χ0v) is 15.0. The Labute approximate surface area is 137 Å². The quantitative estimate of drug-likeness (QED) is 0.229. The first-order valence-corrected chi connectivity index (χ1v) is 9.84. The maximum absolute atomic E-state index is 10.3. The smallest absolute Gasteiger partial charge is 0.316 e. The molecule has 0 radical (unpaired) electrons. The van der Waals surface area contributed by atoms with E-state index in [-0.39, 0.29) is 0 Å². The van der Waals surface area contributed by atoms with Crippen molar-refractivity contribution in [2.24, 2.45) is 0 Å². The Kier molecular flexibility index (Phi) is 17.9. The standard InChI is InChI=1S/C18H33O3P/c1-2-3-4-5-6-7-8-9-10-11-12-13-14-15-16-17-18-21-22(19)20/h3-4,6-7,9-10,22H,2,5,8,11-18H2,1H3,(H,19,20)/b4-3-,7-6-,10-9-. The second-order valence-electron chi connectivity index (χ2n) is 5.32. The second-order valence-corrected chi connectivity index (χ2v) is 6.14. The van der Waals surface area contributed by atoms with E-state index in [0.29, 0.717) is 6.61 Å². The van der Waals surface area contributed by atoms with Crippen molar-refractivity contribution in [1.82, 2.24) is 0 Å². The van der Waals surface area contributed by atoms with Crippen LogP contribution < -0.4 is 0 Å². The van der Waals surface area contributed by atoms with Crippen LogP contribution >= 0.6 is 8.25 Å². The molecule has 3 nitrogen and oxygen atoms in total. The first-order chi connectivity index (χ1) is 10.8. The average Bonchev–Trinajstić information content (AvgIpc) is 2.50. The average molecular weight is 328 g/mol. The largest absolute Gasteiger partial charge is 0.326 e. The Morgan fingerprint density at radius 2 is 1.36 bits per heavy atom. The molecule has 1 N–H and O–H groups in total. The van der Waals surface area contributed by atoms with Crippen LogP contribution in [0, 0.1) is 0 Å². The summed E-state index contributed by atoms with van der Waals surface area (Å²) in [4.78, 5) is 8.49. The molecule has 4 heteroatoms. The Balaban J connectivity index is 3.20. The summed E-state index contributed by atoms with van der Waals surface area (Å²) >= 11 is 0. The molecule has 0 heterocycles. The van der Waals surface area contributed by atoms with Crippen molar-refractivity contribution < 1.29 is 14.0 Å². The fraction of sp³-hybridized carbons (Fsp3) is 0.667. The molecule has 0 bridgehead atoms. The molecule has 0 rings (SSSR count). The Hall–Kier alpha value is -0.630. The topological polar surface area (TPSA) is 46.5 Å². The van der Waals surface area contributed by atoms with Gasteiger partial charge in [0, 0.05) is 0 Å². The molecule has 1 atom stereocenters. The summed E-state index contributed by atoms with van der Waals surface area (Å²) in [5.41, 5.74) is 0. The number of hydrogen-bond acceptors (Lipinski definition) is 2. The van der Waals surface area contributed by atoms with Crippen LogP contribution in [0.2, 0.25) is 0 Å². The molecule has 0 aromatic carbocycles. The SMILES string of the molecule is CC/C=C\C/C=C\C/C=C\CCCCCCCCO[PH](=O)O. The predicted molar refractivity (Wildman–Crippen MR) is 96.4 cm³/mol. The van der Waals surface area contributed by atoms with E-state index >= 15 is 0 Å². The van der Waals surface area contributed by atoms with Gasteiger partial charge in [0.1, 0.15) is 0 Å². The molecule has 0 aliphatic heterocycles. The molecule has 0 aliphatic carbocycles. The van der Waals surface area contributed by atoms with E-state index in [4.69, 9.17) is 4.89 Å². The molecule has 0 fully saturated rings. The first kappa shape index (κ1) is 21.4. The lowest BCUT2D eigenvalue weighted by Crippen LogP contribution is -1.87. The van der Waals surface area contributed by atoms with Gasteiger partial charge in [-0.1, -0.05) is 69.1 Å². The maximum Gasteiger partial charge on any atom is 0.316 e. The molecule has 0 saturated carbocycles. The minimum atomic E-state index is -2.72. The van der Waals surface area contributed by atoms with Gasteiger partial charge in [-0.2, -0.15) is 0 Å². The van der Waals surface area contributed by atoms with E-state index in [1.165, 1.54) is 32.1 Å². The van der Waals surface area contributed by atoms with Crippen molar-refractivity contribution >= 4 is 8.25 Å². The van der Waals surface area contributed by atoms with Crippen LogP contribution in [0.5, 0.6) is 0 Å². The summed E-state index contributed by atoms with van der Waals surface area (Å²) in [5.74, 6) is 0. The molecular weight excluding hydrogens is 295 g/mol. The third-order valence-electron chi connectivity index (χ3n) is 3.27. The van der Waals surface area contributed by atoms with Crippen molar-refractivity contribution in [2.75, 3.05) is 6.61 Å². The van der Waals surface area contributed by atoms with Crippen molar-refractivity contribution in [3.63, 3.8) is 0 Å². The van der Waals surface area contributed by atoms with Gasteiger partial charge in [-0.3, -0.25) is 4.57 Å². The summed E-state index contributed by atoms with van der Waals surface area (Å²) in [5, 5.41) is 0. The van der Waals surface area contributed by atoms with Gasteiger partial charge in [-0.05, 0) is 38.5 Å². The highest BCUT2D eigenvalue weighted by atomic mass is 31.1. The summed E-state index contributed by atoms with van der Waals surface area (Å²) in [7, 11) is -2.72. The maximum atomic E-state index is 10.3.